The van der Waals surface area contributed by atoms with Gasteiger partial charge in [-0.3, -0.25) is 19.2 Å². The molecule has 286 valence electrons. The van der Waals surface area contributed by atoms with Crippen LogP contribution < -0.4 is 16.0 Å². The van der Waals surface area contributed by atoms with Gasteiger partial charge in [-0.15, -0.1) is 0 Å². The van der Waals surface area contributed by atoms with Gasteiger partial charge in [-0.2, -0.15) is 0 Å². The van der Waals surface area contributed by atoms with E-state index in [0.29, 0.717) is 19.4 Å². The lowest BCUT2D eigenvalue weighted by Gasteiger charge is -2.41. The summed E-state index contributed by atoms with van der Waals surface area (Å²) in [5.41, 5.74) is 0.787. The highest BCUT2D eigenvalue weighted by atomic mass is 16.5. The summed E-state index contributed by atoms with van der Waals surface area (Å²) in [6.45, 7) is 10.8. The molecule has 3 rings (SSSR count). The second-order valence-electron chi connectivity index (χ2n) is 14.6. The van der Waals surface area contributed by atoms with Gasteiger partial charge in [-0.05, 0) is 49.6 Å². The van der Waals surface area contributed by atoms with Crippen LogP contribution in [0.2, 0.25) is 0 Å². The van der Waals surface area contributed by atoms with Gasteiger partial charge in [0.2, 0.25) is 23.6 Å². The van der Waals surface area contributed by atoms with Gasteiger partial charge in [0.15, 0.2) is 0 Å². The molecular weight excluding hydrogens is 654 g/mol. The molecule has 0 spiro atoms. The SMILES string of the molecule is CC[C@H](C)[C@@H]([C@@H](CC(=O)N1CCC[C@H]1[C@H](OC)[C@@H](C)C(=O)N[C@@H](Cc1ccccc1)C(=O)O)OC)N(C)C(=O)[C@@H](NC(=O)[C@@H]1CCCN1)C(C)C. The Bertz CT molecular complexity index is 1310. The highest BCUT2D eigenvalue weighted by molar-refractivity contribution is 5.90. The molecule has 0 radical (unpaired) electrons. The van der Waals surface area contributed by atoms with E-state index >= 15 is 0 Å². The molecule has 1 aromatic carbocycles. The van der Waals surface area contributed by atoms with Crippen LogP contribution in [0.1, 0.15) is 78.7 Å². The van der Waals surface area contributed by atoms with Crippen molar-refractivity contribution in [2.75, 3.05) is 34.4 Å². The number of ether oxygens (including phenoxy) is 2. The summed E-state index contributed by atoms with van der Waals surface area (Å²) in [4.78, 5) is 70.0. The van der Waals surface area contributed by atoms with Gasteiger partial charge in [-0.1, -0.05) is 71.4 Å². The van der Waals surface area contributed by atoms with Crippen molar-refractivity contribution in [3.05, 3.63) is 35.9 Å². The van der Waals surface area contributed by atoms with E-state index in [0.717, 1.165) is 31.4 Å². The molecule has 1 aromatic rings. The van der Waals surface area contributed by atoms with Gasteiger partial charge in [-0.25, -0.2) is 4.79 Å². The number of methoxy groups -OCH3 is 2. The number of hydrogen-bond acceptors (Lipinski definition) is 8. The molecule has 4 N–H and O–H groups in total. The molecule has 2 aliphatic rings. The average molecular weight is 716 g/mol. The van der Waals surface area contributed by atoms with Crippen LogP contribution in [0, 0.1) is 17.8 Å². The first-order valence-electron chi connectivity index (χ1n) is 18.5. The van der Waals surface area contributed by atoms with E-state index in [1.54, 1.807) is 30.9 Å². The van der Waals surface area contributed by atoms with Crippen LogP contribution in [0.15, 0.2) is 30.3 Å². The number of carbonyl (C=O) groups excluding carboxylic acids is 4. The summed E-state index contributed by atoms with van der Waals surface area (Å²) in [7, 11) is 4.75. The molecule has 0 unspecified atom stereocenters. The number of carboxylic acid groups (broad SMARTS) is 1. The Balaban J connectivity index is 1.74. The molecule has 0 aromatic heterocycles. The van der Waals surface area contributed by atoms with E-state index in [1.165, 1.54) is 7.11 Å². The number of carboxylic acids is 1. The summed E-state index contributed by atoms with van der Waals surface area (Å²) in [6, 6.07) is 6.06. The lowest BCUT2D eigenvalue weighted by Crippen LogP contribution is -2.59. The lowest BCUT2D eigenvalue weighted by atomic mass is 9.89. The zero-order valence-electron chi connectivity index (χ0n) is 31.7. The number of nitrogens with zero attached hydrogens (tertiary/aromatic N) is 2. The Hall–Kier alpha value is -3.55. The summed E-state index contributed by atoms with van der Waals surface area (Å²) in [5, 5.41) is 18.7. The molecule has 0 aliphatic carbocycles. The minimum absolute atomic E-state index is 0.000495. The van der Waals surface area contributed by atoms with Gasteiger partial charge < -0.3 is 40.3 Å². The van der Waals surface area contributed by atoms with Crippen LogP contribution >= 0.6 is 0 Å². The molecule has 2 heterocycles. The van der Waals surface area contributed by atoms with E-state index in [-0.39, 0.29) is 48.4 Å². The lowest BCUT2D eigenvalue weighted by molar-refractivity contribution is -0.148. The first-order chi connectivity index (χ1) is 24.2. The fraction of sp³-hybridized carbons (Fsp3) is 0.711. The van der Waals surface area contributed by atoms with Crippen molar-refractivity contribution >= 4 is 29.6 Å². The number of rotatable bonds is 19. The molecule has 2 saturated heterocycles. The first kappa shape index (κ1) is 41.9. The molecule has 51 heavy (non-hydrogen) atoms. The maximum absolute atomic E-state index is 14.1. The number of carbonyl (C=O) groups is 5. The summed E-state index contributed by atoms with van der Waals surface area (Å²) in [6.07, 6.45) is 2.51. The van der Waals surface area contributed by atoms with Crippen LogP contribution in [0.5, 0.6) is 0 Å². The number of likely N-dealkylation sites (tertiary alicyclic amines) is 1. The Labute approximate surface area is 303 Å². The molecule has 2 fully saturated rings. The monoisotopic (exact) mass is 715 g/mol. The smallest absolute Gasteiger partial charge is 0.326 e. The summed E-state index contributed by atoms with van der Waals surface area (Å²) < 4.78 is 11.8. The third-order valence-corrected chi connectivity index (χ3v) is 10.8. The quantitative estimate of drug-likeness (QED) is 0.169. The standard InChI is InChI=1S/C38H61N5O8/c1-9-24(4)33(42(6)37(47)32(23(2)3)41-36(46)27-17-13-19-39-27)30(50-7)22-31(44)43-20-14-18-29(43)34(51-8)25(5)35(45)40-28(38(48)49)21-26-15-11-10-12-16-26/h10-12,15-16,23-25,27-30,32-34,39H,9,13-14,17-22H2,1-8H3,(H,40,45)(H,41,46)(H,48,49)/t24-,25+,27-,28-,29-,30+,32-,33-,34+/m0/s1. The predicted octanol–water partition coefficient (Wildman–Crippen LogP) is 2.61. The van der Waals surface area contributed by atoms with Crippen molar-refractivity contribution in [2.24, 2.45) is 17.8 Å². The summed E-state index contributed by atoms with van der Waals surface area (Å²) >= 11 is 0. The van der Waals surface area contributed by atoms with Crippen molar-refractivity contribution in [3.8, 4) is 0 Å². The molecule has 13 heteroatoms. The van der Waals surface area contributed by atoms with Crippen LogP contribution in [0.25, 0.3) is 0 Å². The third-order valence-electron chi connectivity index (χ3n) is 10.8. The number of nitrogens with one attached hydrogen (secondary N) is 3. The molecule has 4 amide bonds. The maximum Gasteiger partial charge on any atom is 0.326 e. The van der Waals surface area contributed by atoms with Gasteiger partial charge >= 0.3 is 5.97 Å². The van der Waals surface area contributed by atoms with Crippen molar-refractivity contribution in [1.82, 2.24) is 25.8 Å². The van der Waals surface area contributed by atoms with E-state index in [1.807, 2.05) is 58.0 Å². The van der Waals surface area contributed by atoms with E-state index in [9.17, 15) is 29.1 Å². The average Bonchev–Trinajstić information content (AvgIpc) is 3.83. The minimum Gasteiger partial charge on any atom is -0.480 e. The molecular formula is C38H61N5O8. The normalized spacial score (nSPS) is 21.6. The zero-order valence-corrected chi connectivity index (χ0v) is 31.7. The van der Waals surface area contributed by atoms with E-state index in [4.69, 9.17) is 9.47 Å². The molecule has 0 bridgehead atoms. The molecule has 0 saturated carbocycles. The number of likely N-dealkylation sites (N-methyl/N-ethyl adjacent to an activating group) is 1. The topological polar surface area (TPSA) is 167 Å². The van der Waals surface area contributed by atoms with E-state index in [2.05, 4.69) is 16.0 Å². The Morgan fingerprint density at radius 1 is 1.00 bits per heavy atom. The largest absolute Gasteiger partial charge is 0.480 e. The highest BCUT2D eigenvalue weighted by Gasteiger charge is 2.43. The maximum atomic E-state index is 14.1. The van der Waals surface area contributed by atoms with Crippen LogP contribution in [-0.4, -0.2) is 121 Å². The number of aliphatic carboxylic acids is 1. The minimum atomic E-state index is -1.14. The Morgan fingerprint density at radius 3 is 2.24 bits per heavy atom. The fourth-order valence-corrected chi connectivity index (χ4v) is 7.55. The van der Waals surface area contributed by atoms with Gasteiger partial charge in [0.1, 0.15) is 12.1 Å². The van der Waals surface area contributed by atoms with Crippen molar-refractivity contribution in [1.29, 1.82) is 0 Å². The predicted molar refractivity (Wildman–Crippen MR) is 194 cm³/mol. The first-order valence-corrected chi connectivity index (χ1v) is 18.5. The van der Waals surface area contributed by atoms with Gasteiger partial charge in [0.05, 0.1) is 42.7 Å². The van der Waals surface area contributed by atoms with Crippen LogP contribution in [-0.2, 0) is 39.9 Å². The van der Waals surface area contributed by atoms with Gasteiger partial charge in [0, 0.05) is 34.2 Å². The zero-order chi connectivity index (χ0) is 37.8. The van der Waals surface area contributed by atoms with Crippen molar-refractivity contribution in [2.45, 2.75) is 122 Å². The van der Waals surface area contributed by atoms with Crippen LogP contribution in [0.4, 0.5) is 0 Å². The molecule has 2 aliphatic heterocycles. The molecule has 9 atom stereocenters. The fourth-order valence-electron chi connectivity index (χ4n) is 7.55. The third kappa shape index (κ3) is 11.0. The van der Waals surface area contributed by atoms with Crippen LogP contribution in [0.3, 0.4) is 0 Å². The second-order valence-corrected chi connectivity index (χ2v) is 14.6. The second kappa shape index (κ2) is 19.9. The number of benzene rings is 1. The van der Waals surface area contributed by atoms with Crippen molar-refractivity contribution < 1.29 is 38.6 Å². The molecule has 13 nitrogen and oxygen atoms in total. The van der Waals surface area contributed by atoms with E-state index < -0.39 is 54.2 Å². The number of amides is 4. The Kier molecular flexibility index (Phi) is 16.3. The highest BCUT2D eigenvalue weighted by Crippen LogP contribution is 2.30. The summed E-state index contributed by atoms with van der Waals surface area (Å²) in [5.74, 6) is -3.14. The Morgan fingerprint density at radius 2 is 1.69 bits per heavy atom. The number of hydrogen-bond donors (Lipinski definition) is 4. The van der Waals surface area contributed by atoms with Gasteiger partial charge in [0.25, 0.3) is 0 Å². The van der Waals surface area contributed by atoms with Crippen molar-refractivity contribution in [3.63, 3.8) is 0 Å².